The molecule has 0 amide bonds. The van der Waals surface area contributed by atoms with E-state index in [4.69, 9.17) is 4.74 Å². The van der Waals surface area contributed by atoms with Crippen LogP contribution in [0.2, 0.25) is 0 Å². The van der Waals surface area contributed by atoms with Gasteiger partial charge in [0.25, 0.3) is 0 Å². The number of hydrogen-bond donors (Lipinski definition) is 0. The summed E-state index contributed by atoms with van der Waals surface area (Å²) in [6, 6.07) is 5.86. The number of fused-ring (bicyclic) bond motifs is 1. The Morgan fingerprint density at radius 2 is 2.11 bits per heavy atom. The molecule has 2 aromatic rings. The lowest BCUT2D eigenvalue weighted by Gasteiger charge is -2.11. The zero-order valence-corrected chi connectivity index (χ0v) is 11.0. The van der Waals surface area contributed by atoms with Gasteiger partial charge in [-0.2, -0.15) is 9.78 Å². The van der Waals surface area contributed by atoms with Gasteiger partial charge in [-0.05, 0) is 31.2 Å². The maximum absolute atomic E-state index is 12.8. The smallest absolute Gasteiger partial charge is 0.212 e. The van der Waals surface area contributed by atoms with E-state index in [-0.39, 0.29) is 12.4 Å². The number of benzene rings is 1. The molecule has 0 radical (unpaired) electrons. The van der Waals surface area contributed by atoms with Crippen LogP contribution in [0.1, 0.15) is 12.7 Å². The maximum Gasteiger partial charge on any atom is 0.212 e. The van der Waals surface area contributed by atoms with Crippen LogP contribution in [-0.4, -0.2) is 26.3 Å². The van der Waals surface area contributed by atoms with Gasteiger partial charge in [-0.3, -0.25) is 0 Å². The van der Waals surface area contributed by atoms with E-state index >= 15 is 0 Å². The van der Waals surface area contributed by atoms with Gasteiger partial charge in [0.1, 0.15) is 18.2 Å². The van der Waals surface area contributed by atoms with Crippen LogP contribution in [0.25, 0.3) is 0 Å². The normalized spacial score (nSPS) is 13.9. The molecular weight excluding hydrogens is 267 g/mol. The van der Waals surface area contributed by atoms with E-state index in [9.17, 15) is 4.39 Å². The summed E-state index contributed by atoms with van der Waals surface area (Å²) < 4.78 is 20.0. The third-order valence-corrected chi connectivity index (χ3v) is 3.61. The summed E-state index contributed by atoms with van der Waals surface area (Å²) in [5.41, 5.74) is 1.01. The summed E-state index contributed by atoms with van der Waals surface area (Å²) >= 11 is 1.59. The molecule has 1 aliphatic heterocycles. The van der Waals surface area contributed by atoms with E-state index in [2.05, 4.69) is 15.3 Å². The zero-order valence-electron chi connectivity index (χ0n) is 10.2. The summed E-state index contributed by atoms with van der Waals surface area (Å²) in [5.74, 6) is 1.76. The monoisotopic (exact) mass is 278 g/mol. The molecule has 0 saturated carbocycles. The Kier molecular flexibility index (Phi) is 3.20. The summed E-state index contributed by atoms with van der Waals surface area (Å²) in [4.78, 5) is 0. The lowest BCUT2D eigenvalue weighted by atomic mass is 10.3. The maximum atomic E-state index is 12.8. The fourth-order valence-corrected chi connectivity index (χ4v) is 2.39. The Morgan fingerprint density at radius 1 is 1.32 bits per heavy atom. The quantitative estimate of drug-likeness (QED) is 0.864. The second-order valence-electron chi connectivity index (χ2n) is 4.08. The summed E-state index contributed by atoms with van der Waals surface area (Å²) in [6.45, 7) is 2.20. The number of ether oxygens (including phenoxy) is 1. The third kappa shape index (κ3) is 2.60. The number of aromatic nitrogens is 3. The van der Waals surface area contributed by atoms with Gasteiger partial charge in [-0.1, -0.05) is 11.8 Å². The average molecular weight is 278 g/mol. The SMILES string of the molecule is CC1=Nn2c(COc3ccc(F)cc3)nnc2SC1. The molecule has 0 spiro atoms. The molecule has 2 heterocycles. The van der Waals surface area contributed by atoms with Gasteiger partial charge >= 0.3 is 0 Å². The molecular formula is C12H11FN4OS. The summed E-state index contributed by atoms with van der Waals surface area (Å²) in [6.07, 6.45) is 0. The predicted octanol–water partition coefficient (Wildman–Crippen LogP) is 2.33. The van der Waals surface area contributed by atoms with Crippen LogP contribution in [0.15, 0.2) is 34.5 Å². The molecule has 0 N–H and O–H groups in total. The fourth-order valence-electron chi connectivity index (χ4n) is 1.62. The topological polar surface area (TPSA) is 52.3 Å². The second kappa shape index (κ2) is 5.00. The van der Waals surface area contributed by atoms with E-state index in [1.807, 2.05) is 6.92 Å². The van der Waals surface area contributed by atoms with Crippen molar-refractivity contribution >= 4 is 17.5 Å². The fraction of sp³-hybridized carbons (Fsp3) is 0.250. The number of halogens is 1. The first-order chi connectivity index (χ1) is 9.22. The second-order valence-corrected chi connectivity index (χ2v) is 5.02. The Balaban J connectivity index is 1.75. The van der Waals surface area contributed by atoms with E-state index < -0.39 is 0 Å². The number of rotatable bonds is 3. The lowest BCUT2D eigenvalue weighted by Crippen LogP contribution is -2.11. The average Bonchev–Trinajstić information content (AvgIpc) is 2.80. The molecule has 1 aromatic carbocycles. The van der Waals surface area contributed by atoms with Crippen LogP contribution in [-0.2, 0) is 6.61 Å². The van der Waals surface area contributed by atoms with Crippen molar-refractivity contribution in [1.29, 1.82) is 0 Å². The molecule has 0 saturated heterocycles. The van der Waals surface area contributed by atoms with Crippen molar-refractivity contribution in [1.82, 2.24) is 14.9 Å². The Bertz CT molecular complexity index is 623. The zero-order chi connectivity index (χ0) is 13.2. The Labute approximate surface area is 113 Å². The molecule has 7 heteroatoms. The largest absolute Gasteiger partial charge is 0.486 e. The predicted molar refractivity (Wildman–Crippen MR) is 70.0 cm³/mol. The highest BCUT2D eigenvalue weighted by molar-refractivity contribution is 7.99. The highest BCUT2D eigenvalue weighted by atomic mass is 32.2. The van der Waals surface area contributed by atoms with Crippen LogP contribution < -0.4 is 4.74 Å². The van der Waals surface area contributed by atoms with Crippen LogP contribution in [0.5, 0.6) is 5.75 Å². The summed E-state index contributed by atoms with van der Waals surface area (Å²) in [5, 5.41) is 13.2. The van der Waals surface area contributed by atoms with Crippen molar-refractivity contribution in [2.45, 2.75) is 18.7 Å². The van der Waals surface area contributed by atoms with Crippen LogP contribution >= 0.6 is 11.8 Å². The van der Waals surface area contributed by atoms with Gasteiger partial charge in [0, 0.05) is 11.5 Å². The number of thioether (sulfide) groups is 1. The Hall–Kier alpha value is -1.89. The highest BCUT2D eigenvalue weighted by Gasteiger charge is 2.17. The number of nitrogens with zero attached hydrogens (tertiary/aromatic N) is 4. The lowest BCUT2D eigenvalue weighted by molar-refractivity contribution is 0.289. The first-order valence-electron chi connectivity index (χ1n) is 5.72. The van der Waals surface area contributed by atoms with Crippen molar-refractivity contribution in [3.8, 4) is 5.75 Å². The first-order valence-corrected chi connectivity index (χ1v) is 6.71. The Morgan fingerprint density at radius 3 is 2.89 bits per heavy atom. The molecule has 0 aliphatic carbocycles. The van der Waals surface area contributed by atoms with Crippen LogP contribution in [0.3, 0.4) is 0 Å². The van der Waals surface area contributed by atoms with E-state index in [0.29, 0.717) is 11.6 Å². The van der Waals surface area contributed by atoms with Gasteiger partial charge in [0.2, 0.25) is 5.16 Å². The van der Waals surface area contributed by atoms with Gasteiger partial charge in [-0.15, -0.1) is 10.2 Å². The summed E-state index contributed by atoms with van der Waals surface area (Å²) in [7, 11) is 0. The molecule has 98 valence electrons. The molecule has 0 fully saturated rings. The van der Waals surface area contributed by atoms with Gasteiger partial charge in [-0.25, -0.2) is 4.39 Å². The van der Waals surface area contributed by atoms with Crippen LogP contribution in [0.4, 0.5) is 4.39 Å². The van der Waals surface area contributed by atoms with Crippen molar-refractivity contribution in [3.63, 3.8) is 0 Å². The minimum Gasteiger partial charge on any atom is -0.486 e. The first kappa shape index (κ1) is 12.2. The molecule has 0 atom stereocenters. The third-order valence-electron chi connectivity index (χ3n) is 2.54. The standard InChI is InChI=1S/C12H11FN4OS/c1-8-7-19-12-15-14-11(17(12)16-8)6-18-10-4-2-9(13)3-5-10/h2-5H,6-7H2,1H3. The van der Waals surface area contributed by atoms with Crippen molar-refractivity contribution in [3.05, 3.63) is 35.9 Å². The number of hydrogen-bond acceptors (Lipinski definition) is 5. The highest BCUT2D eigenvalue weighted by Crippen LogP contribution is 2.22. The van der Waals surface area contributed by atoms with Crippen LogP contribution in [0, 0.1) is 5.82 Å². The molecule has 0 bridgehead atoms. The van der Waals surface area contributed by atoms with E-state index in [0.717, 1.165) is 16.6 Å². The molecule has 1 aliphatic rings. The van der Waals surface area contributed by atoms with Gasteiger partial charge in [0.05, 0.1) is 0 Å². The minimum atomic E-state index is -0.288. The van der Waals surface area contributed by atoms with E-state index in [1.54, 1.807) is 28.6 Å². The van der Waals surface area contributed by atoms with E-state index in [1.165, 1.54) is 12.1 Å². The van der Waals surface area contributed by atoms with Gasteiger partial charge in [0.15, 0.2) is 5.82 Å². The van der Waals surface area contributed by atoms with Crippen molar-refractivity contribution in [2.75, 3.05) is 5.75 Å². The molecule has 3 rings (SSSR count). The molecule has 19 heavy (non-hydrogen) atoms. The van der Waals surface area contributed by atoms with Crippen molar-refractivity contribution in [2.24, 2.45) is 5.10 Å². The molecule has 1 aromatic heterocycles. The molecule has 5 nitrogen and oxygen atoms in total. The minimum absolute atomic E-state index is 0.246. The van der Waals surface area contributed by atoms with Crippen molar-refractivity contribution < 1.29 is 9.13 Å². The molecule has 0 unspecified atom stereocenters. The van der Waals surface area contributed by atoms with Gasteiger partial charge < -0.3 is 4.74 Å².